The van der Waals surface area contributed by atoms with Crippen LogP contribution < -0.4 is 17.8 Å². The minimum atomic E-state index is 0. The summed E-state index contributed by atoms with van der Waals surface area (Å²) in [6.45, 7) is 0. The Hall–Kier alpha value is -1.80. The summed E-state index contributed by atoms with van der Waals surface area (Å²) < 4.78 is 5.02. The molecule has 0 atom stereocenters. The molecule has 22 heavy (non-hydrogen) atoms. The van der Waals surface area contributed by atoms with Crippen molar-refractivity contribution in [1.29, 1.82) is 0 Å². The minimum Gasteiger partial charge on any atom is -1.00 e. The monoisotopic (exact) mass is 317 g/mol. The number of hydrogen-bond acceptors (Lipinski definition) is 1. The molecular formula is C19H24ClNO. The highest BCUT2D eigenvalue weighted by atomic mass is 35.5. The van der Waals surface area contributed by atoms with Gasteiger partial charge in [0.05, 0.1) is 13.5 Å². The molecule has 2 aromatic rings. The van der Waals surface area contributed by atoms with Crippen LogP contribution in [0.25, 0.3) is 0 Å². The Morgan fingerprint density at radius 2 is 1.41 bits per heavy atom. The van der Waals surface area contributed by atoms with E-state index in [1.807, 2.05) is 0 Å². The quantitative estimate of drug-likeness (QED) is 0.441. The maximum absolute atomic E-state index is 5.71. The second-order valence-corrected chi connectivity index (χ2v) is 5.29. The van der Waals surface area contributed by atoms with E-state index in [4.69, 9.17) is 10.1 Å². The zero-order chi connectivity index (χ0) is 14.9. The fraction of sp³-hybridized carbons (Fsp3) is 0.316. The molecule has 2 rings (SSSR count). The van der Waals surface area contributed by atoms with Crippen molar-refractivity contribution >= 4 is 5.90 Å². The Morgan fingerprint density at radius 1 is 0.909 bits per heavy atom. The predicted octanol–water partition coefficient (Wildman–Crippen LogP) is 0.187. The molecule has 0 heterocycles. The van der Waals surface area contributed by atoms with Crippen molar-refractivity contribution in [3.05, 3.63) is 71.8 Å². The average molecular weight is 318 g/mol. The summed E-state index contributed by atoms with van der Waals surface area (Å²) in [5, 5.41) is 5.71. The molecule has 2 N–H and O–H groups in total. The van der Waals surface area contributed by atoms with E-state index in [1.54, 1.807) is 7.11 Å². The molecule has 0 fully saturated rings. The summed E-state index contributed by atoms with van der Waals surface area (Å²) in [5.41, 5.74) is 2.76. The lowest BCUT2D eigenvalue weighted by atomic mass is 9.87. The maximum Gasteiger partial charge on any atom is 0.332 e. The molecule has 0 amide bonds. The topological polar surface area (TPSA) is 34.8 Å². The molecule has 0 saturated heterocycles. The first-order valence-electron chi connectivity index (χ1n) is 7.56. The van der Waals surface area contributed by atoms with Gasteiger partial charge in [-0.2, -0.15) is 0 Å². The van der Waals surface area contributed by atoms with Crippen molar-refractivity contribution in [3.63, 3.8) is 0 Å². The van der Waals surface area contributed by atoms with Crippen molar-refractivity contribution in [2.75, 3.05) is 7.11 Å². The molecule has 0 spiro atoms. The SMILES string of the molecule is COC(=[NH2+])CCCCC(c1ccccc1)c1ccccc1.[Cl-]. The molecule has 0 aliphatic rings. The zero-order valence-corrected chi connectivity index (χ0v) is 13.8. The van der Waals surface area contributed by atoms with E-state index in [0.717, 1.165) is 25.7 Å². The zero-order valence-electron chi connectivity index (χ0n) is 13.0. The number of benzene rings is 2. The van der Waals surface area contributed by atoms with E-state index >= 15 is 0 Å². The highest BCUT2D eigenvalue weighted by Crippen LogP contribution is 2.29. The molecule has 0 aliphatic carbocycles. The second-order valence-electron chi connectivity index (χ2n) is 5.29. The third-order valence-corrected chi connectivity index (χ3v) is 3.83. The van der Waals surface area contributed by atoms with Gasteiger partial charge in [0.1, 0.15) is 0 Å². The van der Waals surface area contributed by atoms with Gasteiger partial charge in [-0.3, -0.25) is 0 Å². The van der Waals surface area contributed by atoms with E-state index < -0.39 is 0 Å². The Labute approximate surface area is 139 Å². The van der Waals surface area contributed by atoms with Gasteiger partial charge >= 0.3 is 5.90 Å². The van der Waals surface area contributed by atoms with Crippen LogP contribution in [0.15, 0.2) is 60.7 Å². The molecule has 0 radical (unpaired) electrons. The number of hydrogen-bond donors (Lipinski definition) is 1. The summed E-state index contributed by atoms with van der Waals surface area (Å²) in [7, 11) is 1.63. The van der Waals surface area contributed by atoms with Crippen molar-refractivity contribution < 1.29 is 22.6 Å². The van der Waals surface area contributed by atoms with E-state index in [1.165, 1.54) is 11.1 Å². The number of halogens is 1. The molecule has 3 heteroatoms. The molecule has 0 saturated carbocycles. The van der Waals surface area contributed by atoms with E-state index in [0.29, 0.717) is 11.8 Å². The summed E-state index contributed by atoms with van der Waals surface area (Å²) in [6.07, 6.45) is 4.17. The number of methoxy groups -OCH3 is 1. The summed E-state index contributed by atoms with van der Waals surface area (Å²) >= 11 is 0. The van der Waals surface area contributed by atoms with Gasteiger partial charge in [0.25, 0.3) is 0 Å². The van der Waals surface area contributed by atoms with E-state index in [9.17, 15) is 0 Å². The Kier molecular flexibility index (Phi) is 8.31. The fourth-order valence-electron chi connectivity index (χ4n) is 2.65. The average Bonchev–Trinajstić information content (AvgIpc) is 2.56. The molecule has 118 valence electrons. The van der Waals surface area contributed by atoms with Crippen LogP contribution in [0.3, 0.4) is 0 Å². The van der Waals surface area contributed by atoms with Crippen LogP contribution in [-0.2, 0) is 4.74 Å². The standard InChI is InChI=1S/C19H23NO.ClH/c1-21-19(20)15-9-8-14-18(16-10-4-2-5-11-16)17-12-6-3-7-13-17;/h2-7,10-13,18,20H,8-9,14-15H2,1H3;1H. The number of ether oxygens (including phenoxy) is 1. The number of nitrogens with two attached hydrogens (primary N) is 1. The van der Waals surface area contributed by atoms with Gasteiger partial charge in [-0.1, -0.05) is 67.1 Å². The van der Waals surface area contributed by atoms with Crippen LogP contribution in [0.1, 0.15) is 42.7 Å². The Morgan fingerprint density at radius 3 is 1.86 bits per heavy atom. The predicted molar refractivity (Wildman–Crippen MR) is 87.1 cm³/mol. The van der Waals surface area contributed by atoms with Gasteiger partial charge in [-0.05, 0) is 24.0 Å². The van der Waals surface area contributed by atoms with Gasteiger partial charge in [0, 0.05) is 5.92 Å². The molecule has 0 aromatic heterocycles. The third kappa shape index (κ3) is 5.53. The highest BCUT2D eigenvalue weighted by molar-refractivity contribution is 5.68. The first-order chi connectivity index (χ1) is 10.3. The Bertz CT molecular complexity index is 502. The molecule has 0 bridgehead atoms. The van der Waals surface area contributed by atoms with Crippen LogP contribution in [0, 0.1) is 0 Å². The van der Waals surface area contributed by atoms with Gasteiger partial charge in [0.15, 0.2) is 0 Å². The second kappa shape index (κ2) is 10.0. The summed E-state index contributed by atoms with van der Waals surface area (Å²) in [4.78, 5) is 0. The molecule has 2 aromatic carbocycles. The maximum atomic E-state index is 5.71. The van der Waals surface area contributed by atoms with E-state index in [2.05, 4.69) is 60.7 Å². The van der Waals surface area contributed by atoms with Crippen LogP contribution in [-0.4, -0.2) is 13.0 Å². The van der Waals surface area contributed by atoms with Gasteiger partial charge in [-0.25, -0.2) is 5.41 Å². The van der Waals surface area contributed by atoms with E-state index in [-0.39, 0.29) is 12.4 Å². The van der Waals surface area contributed by atoms with Gasteiger partial charge in [0.2, 0.25) is 0 Å². The van der Waals surface area contributed by atoms with Crippen LogP contribution >= 0.6 is 0 Å². The smallest absolute Gasteiger partial charge is 0.332 e. The molecule has 2 nitrogen and oxygen atoms in total. The fourth-order valence-corrected chi connectivity index (χ4v) is 2.65. The highest BCUT2D eigenvalue weighted by Gasteiger charge is 2.13. The first-order valence-corrected chi connectivity index (χ1v) is 7.56. The summed E-state index contributed by atoms with van der Waals surface area (Å²) in [6, 6.07) is 21.5. The molecular weight excluding hydrogens is 294 g/mol. The molecule has 0 aliphatic heterocycles. The van der Waals surface area contributed by atoms with Crippen LogP contribution in [0.2, 0.25) is 0 Å². The number of unbranched alkanes of at least 4 members (excludes halogenated alkanes) is 1. The Balaban J connectivity index is 0.00000242. The van der Waals surface area contributed by atoms with Gasteiger partial charge < -0.3 is 17.1 Å². The van der Waals surface area contributed by atoms with Crippen molar-refractivity contribution in [1.82, 2.24) is 0 Å². The van der Waals surface area contributed by atoms with Crippen LogP contribution in [0.4, 0.5) is 0 Å². The first kappa shape index (κ1) is 18.2. The van der Waals surface area contributed by atoms with Crippen molar-refractivity contribution in [3.8, 4) is 0 Å². The third-order valence-electron chi connectivity index (χ3n) is 3.83. The minimum absolute atomic E-state index is 0. The number of rotatable bonds is 7. The van der Waals surface area contributed by atoms with Crippen molar-refractivity contribution in [2.45, 2.75) is 31.6 Å². The van der Waals surface area contributed by atoms with Gasteiger partial charge in [-0.15, -0.1) is 0 Å². The lowest BCUT2D eigenvalue weighted by Gasteiger charge is -2.18. The summed E-state index contributed by atoms with van der Waals surface area (Å²) in [5.74, 6) is 1.09. The largest absolute Gasteiger partial charge is 1.00 e. The lowest BCUT2D eigenvalue weighted by molar-refractivity contribution is -0.140. The van der Waals surface area contributed by atoms with Crippen molar-refractivity contribution in [2.24, 2.45) is 0 Å². The lowest BCUT2D eigenvalue weighted by Crippen LogP contribution is -3.00. The molecule has 0 unspecified atom stereocenters. The normalized spacial score (nSPS) is 10.1. The van der Waals surface area contributed by atoms with Crippen LogP contribution in [0.5, 0.6) is 0 Å².